The molecule has 1 aliphatic rings. The predicted molar refractivity (Wildman–Crippen MR) is 116 cm³/mol. The van der Waals surface area contributed by atoms with E-state index in [1.165, 1.54) is 5.56 Å². The van der Waals surface area contributed by atoms with Crippen LogP contribution in [0, 0.1) is 12.8 Å². The summed E-state index contributed by atoms with van der Waals surface area (Å²) >= 11 is 0. The Morgan fingerprint density at radius 3 is 2.58 bits per heavy atom. The molecule has 0 bridgehead atoms. The van der Waals surface area contributed by atoms with Gasteiger partial charge >= 0.3 is 0 Å². The highest BCUT2D eigenvalue weighted by Crippen LogP contribution is 2.30. The second-order valence-electron chi connectivity index (χ2n) is 7.94. The van der Waals surface area contributed by atoms with E-state index < -0.39 is 0 Å². The van der Waals surface area contributed by atoms with Crippen molar-refractivity contribution in [3.63, 3.8) is 0 Å². The van der Waals surface area contributed by atoms with Crippen molar-refractivity contribution in [2.24, 2.45) is 5.92 Å². The monoisotopic (exact) mass is 423 g/mol. The summed E-state index contributed by atoms with van der Waals surface area (Å²) in [5.41, 5.74) is 3.19. The number of methoxy groups -OCH3 is 2. The number of benzene rings is 1. The summed E-state index contributed by atoms with van der Waals surface area (Å²) in [5, 5.41) is 4.04. The van der Waals surface area contributed by atoms with Crippen molar-refractivity contribution >= 4 is 0 Å². The lowest BCUT2D eigenvalue weighted by atomic mass is 9.95. The molecule has 0 spiro atoms. The third-order valence-corrected chi connectivity index (χ3v) is 5.77. The number of pyridine rings is 1. The summed E-state index contributed by atoms with van der Waals surface area (Å²) < 4.78 is 22.5. The molecule has 0 aliphatic carbocycles. The summed E-state index contributed by atoms with van der Waals surface area (Å²) in [5.74, 6) is 2.88. The summed E-state index contributed by atoms with van der Waals surface area (Å²) in [7, 11) is 3.38. The van der Waals surface area contributed by atoms with Crippen LogP contribution in [0.2, 0.25) is 0 Å². The van der Waals surface area contributed by atoms with Crippen molar-refractivity contribution in [2.75, 3.05) is 27.4 Å². The van der Waals surface area contributed by atoms with Gasteiger partial charge in [0.15, 0.2) is 0 Å². The molecule has 0 N–H and O–H groups in total. The third kappa shape index (κ3) is 5.24. The van der Waals surface area contributed by atoms with Gasteiger partial charge in [0, 0.05) is 55.5 Å². The van der Waals surface area contributed by atoms with E-state index in [4.69, 9.17) is 18.7 Å². The molecule has 0 amide bonds. The molecule has 0 radical (unpaired) electrons. The minimum atomic E-state index is 0.231. The molecule has 3 aromatic rings. The molecular weight excluding hydrogens is 394 g/mol. The van der Waals surface area contributed by atoms with Crippen LogP contribution in [0.5, 0.6) is 11.5 Å². The largest absolute Gasteiger partial charge is 0.497 e. The van der Waals surface area contributed by atoms with Crippen molar-refractivity contribution in [1.29, 1.82) is 0 Å². The Morgan fingerprint density at radius 2 is 1.87 bits per heavy atom. The molecule has 2 atom stereocenters. The molecule has 1 saturated heterocycles. The lowest BCUT2D eigenvalue weighted by Crippen LogP contribution is -2.40. The number of rotatable bonds is 9. The SMILES string of the molecule is COc1ccc(OC)c(CN(Cc2ccncc2)[C@@H]2COC[C@H]2Cc2cc(C)no2)c1. The fourth-order valence-corrected chi connectivity index (χ4v) is 4.19. The molecule has 164 valence electrons. The molecule has 0 saturated carbocycles. The van der Waals surface area contributed by atoms with Crippen molar-refractivity contribution < 1.29 is 18.7 Å². The van der Waals surface area contributed by atoms with Crippen LogP contribution in [0.15, 0.2) is 53.3 Å². The van der Waals surface area contributed by atoms with Gasteiger partial charge in [-0.15, -0.1) is 0 Å². The molecule has 1 aromatic carbocycles. The number of hydrogen-bond acceptors (Lipinski definition) is 7. The van der Waals surface area contributed by atoms with Crippen LogP contribution >= 0.6 is 0 Å². The molecule has 3 heterocycles. The molecule has 2 aromatic heterocycles. The van der Waals surface area contributed by atoms with Crippen molar-refractivity contribution in [2.45, 2.75) is 32.5 Å². The van der Waals surface area contributed by atoms with Crippen LogP contribution in [0.4, 0.5) is 0 Å². The van der Waals surface area contributed by atoms with E-state index in [2.05, 4.69) is 27.2 Å². The van der Waals surface area contributed by atoms with Crippen molar-refractivity contribution in [1.82, 2.24) is 15.0 Å². The molecule has 31 heavy (non-hydrogen) atoms. The fourth-order valence-electron chi connectivity index (χ4n) is 4.19. The van der Waals surface area contributed by atoms with E-state index in [1.54, 1.807) is 14.2 Å². The van der Waals surface area contributed by atoms with Crippen LogP contribution < -0.4 is 9.47 Å². The summed E-state index contributed by atoms with van der Waals surface area (Å²) in [6, 6.07) is 12.3. The predicted octanol–water partition coefficient (Wildman–Crippen LogP) is 3.66. The lowest BCUT2D eigenvalue weighted by Gasteiger charge is -2.32. The summed E-state index contributed by atoms with van der Waals surface area (Å²) in [6.45, 7) is 4.81. The first-order valence-electron chi connectivity index (χ1n) is 10.5. The Labute approximate surface area is 182 Å². The number of ether oxygens (including phenoxy) is 3. The van der Waals surface area contributed by atoms with Crippen LogP contribution in [0.25, 0.3) is 0 Å². The normalized spacial score (nSPS) is 18.5. The van der Waals surface area contributed by atoms with Gasteiger partial charge in [0.05, 0.1) is 33.1 Å². The van der Waals surface area contributed by atoms with Gasteiger partial charge in [-0.25, -0.2) is 0 Å². The minimum absolute atomic E-state index is 0.231. The Balaban J connectivity index is 1.61. The average molecular weight is 424 g/mol. The number of nitrogens with zero attached hydrogens (tertiary/aromatic N) is 3. The van der Waals surface area contributed by atoms with Gasteiger partial charge in [0.2, 0.25) is 0 Å². The first-order chi connectivity index (χ1) is 15.2. The highest BCUT2D eigenvalue weighted by Gasteiger charge is 2.34. The minimum Gasteiger partial charge on any atom is -0.497 e. The van der Waals surface area contributed by atoms with Gasteiger partial charge in [-0.3, -0.25) is 9.88 Å². The Hall–Kier alpha value is -2.90. The van der Waals surface area contributed by atoms with Gasteiger partial charge in [-0.1, -0.05) is 5.16 Å². The van der Waals surface area contributed by atoms with E-state index in [0.717, 1.165) is 41.5 Å². The Morgan fingerprint density at radius 1 is 1.03 bits per heavy atom. The molecule has 7 nitrogen and oxygen atoms in total. The molecular formula is C24H29N3O4. The molecule has 7 heteroatoms. The van der Waals surface area contributed by atoms with E-state index in [1.807, 2.05) is 43.6 Å². The van der Waals surface area contributed by atoms with Crippen LogP contribution in [0.1, 0.15) is 22.6 Å². The maximum atomic E-state index is 5.93. The van der Waals surface area contributed by atoms with Gasteiger partial charge in [-0.2, -0.15) is 0 Å². The van der Waals surface area contributed by atoms with Crippen molar-refractivity contribution in [3.8, 4) is 11.5 Å². The highest BCUT2D eigenvalue weighted by atomic mass is 16.5. The van der Waals surface area contributed by atoms with Crippen LogP contribution in [0.3, 0.4) is 0 Å². The highest BCUT2D eigenvalue weighted by molar-refractivity contribution is 5.40. The first-order valence-corrected chi connectivity index (χ1v) is 10.5. The van der Waals surface area contributed by atoms with Crippen LogP contribution in [-0.2, 0) is 24.2 Å². The fraction of sp³-hybridized carbons (Fsp3) is 0.417. The molecule has 0 unspecified atom stereocenters. The second-order valence-corrected chi connectivity index (χ2v) is 7.94. The van der Waals surface area contributed by atoms with Gasteiger partial charge in [0.25, 0.3) is 0 Å². The van der Waals surface area contributed by atoms with Gasteiger partial charge < -0.3 is 18.7 Å². The molecule has 4 rings (SSSR count). The van der Waals surface area contributed by atoms with Crippen molar-refractivity contribution in [3.05, 3.63) is 71.4 Å². The number of aromatic nitrogens is 2. The van der Waals surface area contributed by atoms with E-state index >= 15 is 0 Å². The number of hydrogen-bond donors (Lipinski definition) is 0. The third-order valence-electron chi connectivity index (χ3n) is 5.77. The topological polar surface area (TPSA) is 69.9 Å². The smallest absolute Gasteiger partial charge is 0.137 e. The zero-order chi connectivity index (χ0) is 21.6. The maximum absolute atomic E-state index is 5.93. The van der Waals surface area contributed by atoms with E-state index in [-0.39, 0.29) is 6.04 Å². The maximum Gasteiger partial charge on any atom is 0.137 e. The number of aryl methyl sites for hydroxylation is 1. The molecule has 1 fully saturated rings. The van der Waals surface area contributed by atoms with Gasteiger partial charge in [-0.05, 0) is 42.8 Å². The molecule has 1 aliphatic heterocycles. The van der Waals surface area contributed by atoms with Crippen LogP contribution in [-0.4, -0.2) is 48.5 Å². The average Bonchev–Trinajstić information content (AvgIpc) is 3.42. The quantitative estimate of drug-likeness (QED) is 0.520. The standard InChI is InChI=1S/C24H29N3O4/c1-17-10-22(31-26-17)12-20-15-30-16-23(20)27(13-18-6-8-25-9-7-18)14-19-11-21(28-2)4-5-24(19)29-3/h4-11,20,23H,12-16H2,1-3H3/t20-,23-/m1/s1. The second kappa shape index (κ2) is 9.94. The lowest BCUT2D eigenvalue weighted by molar-refractivity contribution is 0.126. The van der Waals surface area contributed by atoms with Gasteiger partial charge in [0.1, 0.15) is 17.3 Å². The summed E-state index contributed by atoms with van der Waals surface area (Å²) in [6.07, 6.45) is 4.47. The van der Waals surface area contributed by atoms with E-state index in [0.29, 0.717) is 25.7 Å². The Kier molecular flexibility index (Phi) is 6.84. The zero-order valence-electron chi connectivity index (χ0n) is 18.3. The summed E-state index contributed by atoms with van der Waals surface area (Å²) in [4.78, 5) is 6.61. The zero-order valence-corrected chi connectivity index (χ0v) is 18.3. The van der Waals surface area contributed by atoms with E-state index in [9.17, 15) is 0 Å². The first kappa shape index (κ1) is 21.3. The Bertz CT molecular complexity index is 976.